The van der Waals surface area contributed by atoms with Gasteiger partial charge in [-0.25, -0.2) is 4.39 Å². The quantitative estimate of drug-likeness (QED) is 0.926. The van der Waals surface area contributed by atoms with Gasteiger partial charge in [0.05, 0.1) is 5.52 Å². The number of benzene rings is 1. The minimum Gasteiger partial charge on any atom is -0.360 e. The highest BCUT2D eigenvalue weighted by atomic mass is 32.2. The maximum Gasteiger partial charge on any atom is 0.259 e. The Kier molecular flexibility index (Phi) is 4.67. The third kappa shape index (κ3) is 2.83. The average molecular weight is 348 g/mol. The zero-order chi connectivity index (χ0) is 17.4. The molecule has 0 unspecified atom stereocenters. The fraction of sp³-hybridized carbons (Fsp3) is 0.444. The van der Waals surface area contributed by atoms with Crippen LogP contribution >= 0.6 is 11.8 Å². The van der Waals surface area contributed by atoms with Crippen molar-refractivity contribution in [3.05, 3.63) is 45.5 Å². The standard InChI is InChI=1S/C18H21FN2O2S/c1-10-7-11(19)8-12-16(10)20-9-13(17(12)22)18(23)21(2)14-5-4-6-15(14)24-3/h7-9,14-15H,4-6H2,1-3H3,(H,20,22)/t14-,15-/m1/s1. The molecule has 2 aromatic rings. The van der Waals surface area contributed by atoms with E-state index in [1.54, 1.807) is 30.6 Å². The summed E-state index contributed by atoms with van der Waals surface area (Å²) in [5.74, 6) is -0.771. The van der Waals surface area contributed by atoms with E-state index in [-0.39, 0.29) is 22.9 Å². The highest BCUT2D eigenvalue weighted by Gasteiger charge is 2.33. The minimum absolute atomic E-state index is 0.0711. The molecule has 2 atom stereocenters. The summed E-state index contributed by atoms with van der Waals surface area (Å²) in [7, 11) is 1.75. The Labute approximate surface area is 144 Å². The van der Waals surface area contributed by atoms with Crippen LogP contribution in [0.25, 0.3) is 10.9 Å². The SMILES string of the molecule is CS[C@@H]1CCC[C@H]1N(C)C(=O)c1c[nH]c2c(C)cc(F)cc2c1=O. The average Bonchev–Trinajstić information content (AvgIpc) is 3.03. The van der Waals surface area contributed by atoms with Gasteiger partial charge in [-0.1, -0.05) is 6.42 Å². The first kappa shape index (κ1) is 17.0. The van der Waals surface area contributed by atoms with Gasteiger partial charge in [-0.05, 0) is 43.7 Å². The molecule has 1 fully saturated rings. The van der Waals surface area contributed by atoms with Crippen molar-refractivity contribution in [3.8, 4) is 0 Å². The first-order valence-corrected chi connectivity index (χ1v) is 9.34. The minimum atomic E-state index is -0.471. The summed E-state index contributed by atoms with van der Waals surface area (Å²) in [5, 5.41) is 0.623. The van der Waals surface area contributed by atoms with Crippen molar-refractivity contribution >= 4 is 28.6 Å². The first-order valence-electron chi connectivity index (χ1n) is 8.05. The highest BCUT2D eigenvalue weighted by molar-refractivity contribution is 7.99. The van der Waals surface area contributed by atoms with Crippen molar-refractivity contribution < 1.29 is 9.18 Å². The van der Waals surface area contributed by atoms with E-state index in [1.807, 2.05) is 0 Å². The van der Waals surface area contributed by atoms with Crippen LogP contribution in [0.2, 0.25) is 0 Å². The molecule has 1 N–H and O–H groups in total. The molecule has 0 bridgehead atoms. The van der Waals surface area contributed by atoms with E-state index in [1.165, 1.54) is 18.3 Å². The number of aromatic nitrogens is 1. The molecule has 6 heteroatoms. The van der Waals surface area contributed by atoms with Gasteiger partial charge in [0.1, 0.15) is 11.4 Å². The number of thioether (sulfide) groups is 1. The second kappa shape index (κ2) is 6.59. The number of nitrogens with zero attached hydrogens (tertiary/aromatic N) is 1. The highest BCUT2D eigenvalue weighted by Crippen LogP contribution is 2.32. The summed E-state index contributed by atoms with van der Waals surface area (Å²) >= 11 is 1.76. The molecule has 0 spiro atoms. The van der Waals surface area contributed by atoms with E-state index in [9.17, 15) is 14.0 Å². The van der Waals surface area contributed by atoms with E-state index in [0.29, 0.717) is 16.3 Å². The summed E-state index contributed by atoms with van der Waals surface area (Å²) in [5.41, 5.74) is 0.875. The predicted octanol–water partition coefficient (Wildman–Crippen LogP) is 3.33. The number of rotatable bonds is 3. The van der Waals surface area contributed by atoms with E-state index in [2.05, 4.69) is 11.2 Å². The van der Waals surface area contributed by atoms with Crippen LogP contribution in [0.1, 0.15) is 35.2 Å². The van der Waals surface area contributed by atoms with Crippen LogP contribution in [0.5, 0.6) is 0 Å². The van der Waals surface area contributed by atoms with Gasteiger partial charge in [-0.2, -0.15) is 11.8 Å². The molecule has 0 aliphatic heterocycles. The van der Waals surface area contributed by atoms with Crippen LogP contribution < -0.4 is 5.43 Å². The molecule has 1 aliphatic rings. The number of aryl methyl sites for hydroxylation is 1. The lowest BCUT2D eigenvalue weighted by molar-refractivity contribution is 0.0737. The molecular weight excluding hydrogens is 327 g/mol. The van der Waals surface area contributed by atoms with Crippen molar-refractivity contribution in [1.29, 1.82) is 0 Å². The third-order valence-corrected chi connectivity index (χ3v) is 6.07. The Bertz CT molecular complexity index is 849. The molecule has 1 aromatic carbocycles. The second-order valence-corrected chi connectivity index (χ2v) is 7.44. The number of pyridine rings is 1. The Morgan fingerprint density at radius 2 is 2.12 bits per heavy atom. The van der Waals surface area contributed by atoms with Crippen LogP contribution in [0, 0.1) is 12.7 Å². The molecule has 1 aliphatic carbocycles. The van der Waals surface area contributed by atoms with Crippen LogP contribution in [0.3, 0.4) is 0 Å². The fourth-order valence-electron chi connectivity index (χ4n) is 3.59. The number of hydrogen-bond acceptors (Lipinski definition) is 3. The maximum atomic E-state index is 13.7. The molecule has 1 heterocycles. The number of aromatic amines is 1. The lowest BCUT2D eigenvalue weighted by atomic mass is 10.1. The van der Waals surface area contributed by atoms with Crippen molar-refractivity contribution in [2.24, 2.45) is 0 Å². The first-order chi connectivity index (χ1) is 11.4. The normalized spacial score (nSPS) is 20.5. The summed E-state index contributed by atoms with van der Waals surface area (Å²) in [4.78, 5) is 30.2. The number of carbonyl (C=O) groups is 1. The molecule has 1 saturated carbocycles. The van der Waals surface area contributed by atoms with E-state index in [0.717, 1.165) is 19.3 Å². The number of fused-ring (bicyclic) bond motifs is 1. The Morgan fingerprint density at radius 3 is 2.83 bits per heavy atom. The Hall–Kier alpha value is -1.82. The molecule has 1 amide bonds. The van der Waals surface area contributed by atoms with Gasteiger partial charge in [0.25, 0.3) is 5.91 Å². The zero-order valence-electron chi connectivity index (χ0n) is 14.1. The van der Waals surface area contributed by atoms with Crippen molar-refractivity contribution in [1.82, 2.24) is 9.88 Å². The zero-order valence-corrected chi connectivity index (χ0v) is 14.9. The van der Waals surface area contributed by atoms with Crippen molar-refractivity contribution in [3.63, 3.8) is 0 Å². The van der Waals surface area contributed by atoms with Gasteiger partial charge in [0.2, 0.25) is 5.43 Å². The monoisotopic (exact) mass is 348 g/mol. The summed E-state index contributed by atoms with van der Waals surface area (Å²) < 4.78 is 13.7. The Balaban J connectivity index is 2.01. The van der Waals surface area contributed by atoms with Crippen molar-refractivity contribution in [2.45, 2.75) is 37.5 Å². The number of halogens is 1. The molecule has 24 heavy (non-hydrogen) atoms. The summed E-state index contributed by atoms with van der Waals surface area (Å²) in [6, 6.07) is 2.70. The van der Waals surface area contributed by atoms with Crippen LogP contribution in [-0.4, -0.2) is 40.4 Å². The lowest BCUT2D eigenvalue weighted by Crippen LogP contribution is -2.42. The number of carbonyl (C=O) groups excluding carboxylic acids is 1. The van der Waals surface area contributed by atoms with Gasteiger partial charge in [-0.15, -0.1) is 0 Å². The molecule has 1 aromatic heterocycles. The number of H-pyrrole nitrogens is 1. The molecule has 128 valence electrons. The lowest BCUT2D eigenvalue weighted by Gasteiger charge is -2.28. The van der Waals surface area contributed by atoms with Crippen LogP contribution in [-0.2, 0) is 0 Å². The summed E-state index contributed by atoms with van der Waals surface area (Å²) in [6.45, 7) is 1.73. The Morgan fingerprint density at radius 1 is 1.38 bits per heavy atom. The number of hydrogen-bond donors (Lipinski definition) is 1. The topological polar surface area (TPSA) is 53.2 Å². The van der Waals surface area contributed by atoms with Gasteiger partial charge in [-0.3, -0.25) is 9.59 Å². The van der Waals surface area contributed by atoms with Crippen molar-refractivity contribution in [2.75, 3.05) is 13.3 Å². The van der Waals surface area contributed by atoms with E-state index in [4.69, 9.17) is 0 Å². The predicted molar refractivity (Wildman–Crippen MR) is 96.3 cm³/mol. The second-order valence-electron chi connectivity index (χ2n) is 6.37. The molecule has 3 rings (SSSR count). The van der Waals surface area contributed by atoms with E-state index >= 15 is 0 Å². The van der Waals surface area contributed by atoms with Gasteiger partial charge >= 0.3 is 0 Å². The van der Waals surface area contributed by atoms with Crippen LogP contribution in [0.15, 0.2) is 23.1 Å². The molecule has 0 saturated heterocycles. The number of amides is 1. The third-order valence-electron chi connectivity index (χ3n) is 4.92. The van der Waals surface area contributed by atoms with Gasteiger partial charge < -0.3 is 9.88 Å². The number of nitrogens with one attached hydrogen (secondary N) is 1. The summed E-state index contributed by atoms with van der Waals surface area (Å²) in [6.07, 6.45) is 6.63. The molecular formula is C18H21FN2O2S. The maximum absolute atomic E-state index is 13.7. The molecule has 0 radical (unpaired) electrons. The smallest absolute Gasteiger partial charge is 0.259 e. The van der Waals surface area contributed by atoms with Crippen LogP contribution in [0.4, 0.5) is 4.39 Å². The van der Waals surface area contributed by atoms with Gasteiger partial charge in [0, 0.05) is 29.9 Å². The molecule has 4 nitrogen and oxygen atoms in total. The largest absolute Gasteiger partial charge is 0.360 e. The van der Waals surface area contributed by atoms with E-state index < -0.39 is 11.2 Å². The van der Waals surface area contributed by atoms with Gasteiger partial charge in [0.15, 0.2) is 0 Å². The fourth-order valence-corrected chi connectivity index (χ4v) is 4.63.